The van der Waals surface area contributed by atoms with Crippen molar-refractivity contribution in [2.24, 2.45) is 11.3 Å². The summed E-state index contributed by atoms with van der Waals surface area (Å²) in [5, 5.41) is 3.51. The molecule has 1 N–H and O–H groups in total. The zero-order valence-electron chi connectivity index (χ0n) is 11.3. The van der Waals surface area contributed by atoms with E-state index >= 15 is 0 Å². The summed E-state index contributed by atoms with van der Waals surface area (Å²) in [6.45, 7) is 17.6. The second-order valence-electron chi connectivity index (χ2n) is 5.37. The van der Waals surface area contributed by atoms with E-state index in [1.54, 1.807) is 0 Å². The Bertz CT molecular complexity index is 182. The molecule has 0 aliphatic rings. The van der Waals surface area contributed by atoms with Crippen LogP contribution in [-0.2, 0) is 0 Å². The largest absolute Gasteiger partial charge is 0.313 e. The zero-order valence-corrected chi connectivity index (χ0v) is 11.3. The van der Waals surface area contributed by atoms with Crippen molar-refractivity contribution < 1.29 is 0 Å². The minimum atomic E-state index is 0.444. The average molecular weight is 211 g/mol. The highest BCUT2D eigenvalue weighted by atomic mass is 14.9. The fourth-order valence-corrected chi connectivity index (χ4v) is 1.53. The van der Waals surface area contributed by atoms with Crippen LogP contribution in [0, 0.1) is 11.3 Å². The number of hydrogen-bond donors (Lipinski definition) is 1. The van der Waals surface area contributed by atoms with Crippen molar-refractivity contribution in [1.29, 1.82) is 0 Å². The van der Waals surface area contributed by atoms with Crippen LogP contribution in [0.25, 0.3) is 0 Å². The molecule has 1 heteroatoms. The molecule has 0 aliphatic carbocycles. The van der Waals surface area contributed by atoms with Gasteiger partial charge in [-0.15, -0.1) is 0 Å². The van der Waals surface area contributed by atoms with E-state index in [-0.39, 0.29) is 0 Å². The van der Waals surface area contributed by atoms with Crippen LogP contribution in [0.2, 0.25) is 0 Å². The zero-order chi connectivity index (χ0) is 11.9. The standard InChI is InChI=1S/C14H29N/c1-7-9-12(3)10-15-11-13(4)14(5,6)8-2/h13,15H,3,7-11H2,1-2,4-6H3. The van der Waals surface area contributed by atoms with Crippen LogP contribution < -0.4 is 5.32 Å². The Balaban J connectivity index is 3.72. The Morgan fingerprint density at radius 3 is 2.40 bits per heavy atom. The summed E-state index contributed by atoms with van der Waals surface area (Å²) in [4.78, 5) is 0. The predicted molar refractivity (Wildman–Crippen MR) is 70.2 cm³/mol. The first-order valence-electron chi connectivity index (χ1n) is 6.31. The molecule has 0 rings (SSSR count). The summed E-state index contributed by atoms with van der Waals surface area (Å²) in [5.74, 6) is 0.719. The molecule has 0 spiro atoms. The molecule has 90 valence electrons. The van der Waals surface area contributed by atoms with Crippen molar-refractivity contribution >= 4 is 0 Å². The third-order valence-electron chi connectivity index (χ3n) is 3.67. The van der Waals surface area contributed by atoms with Crippen LogP contribution in [0.3, 0.4) is 0 Å². The molecule has 15 heavy (non-hydrogen) atoms. The summed E-state index contributed by atoms with van der Waals surface area (Å²) in [6.07, 6.45) is 3.60. The fourth-order valence-electron chi connectivity index (χ4n) is 1.53. The fraction of sp³-hybridized carbons (Fsp3) is 0.857. The van der Waals surface area contributed by atoms with E-state index in [0.717, 1.165) is 25.4 Å². The third-order valence-corrected chi connectivity index (χ3v) is 3.67. The van der Waals surface area contributed by atoms with E-state index in [9.17, 15) is 0 Å². The molecule has 0 aromatic heterocycles. The van der Waals surface area contributed by atoms with E-state index in [1.807, 2.05) is 0 Å². The first-order valence-corrected chi connectivity index (χ1v) is 6.31. The summed E-state index contributed by atoms with van der Waals surface area (Å²) in [5.41, 5.74) is 1.78. The Kier molecular flexibility index (Phi) is 6.91. The lowest BCUT2D eigenvalue weighted by Gasteiger charge is -2.31. The predicted octanol–water partition coefficient (Wildman–Crippen LogP) is 4.00. The highest BCUT2D eigenvalue weighted by molar-refractivity contribution is 4.96. The van der Waals surface area contributed by atoms with E-state index in [0.29, 0.717) is 5.41 Å². The van der Waals surface area contributed by atoms with E-state index in [1.165, 1.54) is 18.4 Å². The maximum absolute atomic E-state index is 4.06. The number of rotatable bonds is 8. The van der Waals surface area contributed by atoms with Crippen LogP contribution in [0.5, 0.6) is 0 Å². The van der Waals surface area contributed by atoms with Crippen LogP contribution in [0.15, 0.2) is 12.2 Å². The Morgan fingerprint density at radius 2 is 1.93 bits per heavy atom. The topological polar surface area (TPSA) is 12.0 Å². The normalized spacial score (nSPS) is 13.9. The molecule has 0 radical (unpaired) electrons. The van der Waals surface area contributed by atoms with Gasteiger partial charge in [0.2, 0.25) is 0 Å². The van der Waals surface area contributed by atoms with E-state index in [2.05, 4.69) is 46.5 Å². The van der Waals surface area contributed by atoms with Gasteiger partial charge in [-0.1, -0.05) is 59.6 Å². The van der Waals surface area contributed by atoms with Gasteiger partial charge in [0.1, 0.15) is 0 Å². The summed E-state index contributed by atoms with van der Waals surface area (Å²) >= 11 is 0. The molecule has 0 saturated carbocycles. The lowest BCUT2D eigenvalue weighted by Crippen LogP contribution is -2.32. The molecule has 0 bridgehead atoms. The van der Waals surface area contributed by atoms with Gasteiger partial charge in [0.25, 0.3) is 0 Å². The minimum absolute atomic E-state index is 0.444. The summed E-state index contributed by atoms with van der Waals surface area (Å²) < 4.78 is 0. The van der Waals surface area contributed by atoms with Gasteiger partial charge in [-0.05, 0) is 24.3 Å². The summed E-state index contributed by atoms with van der Waals surface area (Å²) in [7, 11) is 0. The first kappa shape index (κ1) is 14.7. The van der Waals surface area contributed by atoms with Crippen LogP contribution in [0.1, 0.15) is 53.9 Å². The molecule has 0 fully saturated rings. The lowest BCUT2D eigenvalue weighted by molar-refractivity contribution is 0.217. The van der Waals surface area contributed by atoms with Crippen LogP contribution in [0.4, 0.5) is 0 Å². The molecule has 1 nitrogen and oxygen atoms in total. The van der Waals surface area contributed by atoms with Crippen molar-refractivity contribution in [2.45, 2.75) is 53.9 Å². The molecule has 0 heterocycles. The number of nitrogens with one attached hydrogen (secondary N) is 1. The van der Waals surface area contributed by atoms with Crippen LogP contribution in [-0.4, -0.2) is 13.1 Å². The Morgan fingerprint density at radius 1 is 1.33 bits per heavy atom. The molecule has 0 aromatic rings. The van der Waals surface area contributed by atoms with Gasteiger partial charge in [-0.2, -0.15) is 0 Å². The molecule has 0 amide bonds. The third kappa shape index (κ3) is 5.99. The highest BCUT2D eigenvalue weighted by Crippen LogP contribution is 2.29. The van der Waals surface area contributed by atoms with Gasteiger partial charge in [0.05, 0.1) is 0 Å². The first-order chi connectivity index (χ1) is 6.94. The Labute approximate surface area is 96.3 Å². The smallest absolute Gasteiger partial charge is 0.0162 e. The van der Waals surface area contributed by atoms with Crippen molar-refractivity contribution in [1.82, 2.24) is 5.32 Å². The van der Waals surface area contributed by atoms with Crippen molar-refractivity contribution in [2.75, 3.05) is 13.1 Å². The Hall–Kier alpha value is -0.300. The van der Waals surface area contributed by atoms with E-state index in [4.69, 9.17) is 0 Å². The number of hydrogen-bond acceptors (Lipinski definition) is 1. The maximum Gasteiger partial charge on any atom is 0.0162 e. The monoisotopic (exact) mass is 211 g/mol. The van der Waals surface area contributed by atoms with Crippen molar-refractivity contribution in [3.8, 4) is 0 Å². The maximum atomic E-state index is 4.06. The second kappa shape index (κ2) is 7.05. The lowest BCUT2D eigenvalue weighted by atomic mass is 9.78. The summed E-state index contributed by atoms with van der Waals surface area (Å²) in [6, 6.07) is 0. The SMILES string of the molecule is C=C(CCC)CNCC(C)C(C)(C)CC. The van der Waals surface area contributed by atoms with Crippen LogP contribution >= 0.6 is 0 Å². The van der Waals surface area contributed by atoms with Gasteiger partial charge in [-0.25, -0.2) is 0 Å². The van der Waals surface area contributed by atoms with Crippen molar-refractivity contribution in [3.63, 3.8) is 0 Å². The molecule has 0 saturated heterocycles. The second-order valence-corrected chi connectivity index (χ2v) is 5.37. The van der Waals surface area contributed by atoms with Gasteiger partial charge >= 0.3 is 0 Å². The average Bonchev–Trinajstić information content (AvgIpc) is 2.18. The molecule has 1 unspecified atom stereocenters. The van der Waals surface area contributed by atoms with Gasteiger partial charge < -0.3 is 5.32 Å². The van der Waals surface area contributed by atoms with Gasteiger partial charge in [0.15, 0.2) is 0 Å². The van der Waals surface area contributed by atoms with E-state index < -0.39 is 0 Å². The highest BCUT2D eigenvalue weighted by Gasteiger charge is 2.22. The molecule has 0 aromatic carbocycles. The molecule has 0 aliphatic heterocycles. The quantitative estimate of drug-likeness (QED) is 0.598. The molecular weight excluding hydrogens is 182 g/mol. The molecular formula is C14H29N. The van der Waals surface area contributed by atoms with Crippen molar-refractivity contribution in [3.05, 3.63) is 12.2 Å². The van der Waals surface area contributed by atoms with Gasteiger partial charge in [-0.3, -0.25) is 0 Å². The minimum Gasteiger partial charge on any atom is -0.313 e. The molecule has 1 atom stereocenters. The van der Waals surface area contributed by atoms with Gasteiger partial charge in [0, 0.05) is 6.54 Å².